The highest BCUT2D eigenvalue weighted by Gasteiger charge is 2.34. The molecule has 4 aromatic rings. The summed E-state index contributed by atoms with van der Waals surface area (Å²) in [4.78, 5) is 19.6. The molecule has 0 bridgehead atoms. The Labute approximate surface area is 202 Å². The van der Waals surface area contributed by atoms with Crippen molar-refractivity contribution in [3.05, 3.63) is 65.1 Å². The van der Waals surface area contributed by atoms with Crippen molar-refractivity contribution >= 4 is 33.5 Å². The number of aryl methyl sites for hydroxylation is 1. The van der Waals surface area contributed by atoms with Crippen LogP contribution in [0, 0.1) is 17.7 Å². The maximum Gasteiger partial charge on any atom is 0.257 e. The molecule has 35 heavy (non-hydrogen) atoms. The topological polar surface area (TPSA) is 97.3 Å². The van der Waals surface area contributed by atoms with Crippen molar-refractivity contribution in [2.75, 3.05) is 5.73 Å². The lowest BCUT2D eigenvalue weighted by molar-refractivity contribution is 0.0725. The van der Waals surface area contributed by atoms with Crippen molar-refractivity contribution < 1.29 is 14.3 Å². The normalized spacial score (nSPS) is 13.6. The molecule has 8 heteroatoms. The van der Waals surface area contributed by atoms with Crippen molar-refractivity contribution in [3.8, 4) is 11.8 Å². The Hall–Kier alpha value is -3.96. The Morgan fingerprint density at radius 1 is 1.26 bits per heavy atom. The van der Waals surface area contributed by atoms with Crippen molar-refractivity contribution in [1.82, 2.24) is 19.7 Å². The van der Waals surface area contributed by atoms with Gasteiger partial charge in [0.15, 0.2) is 0 Å². The zero-order valence-electron chi connectivity index (χ0n) is 19.8. The number of amides is 1. The lowest BCUT2D eigenvalue weighted by Crippen LogP contribution is -2.33. The molecule has 7 nitrogen and oxygen atoms in total. The van der Waals surface area contributed by atoms with Crippen LogP contribution in [0.15, 0.2) is 42.6 Å². The number of carbonyl (C=O) groups is 1. The highest BCUT2D eigenvalue weighted by atomic mass is 19.1. The van der Waals surface area contributed by atoms with Crippen LogP contribution in [-0.2, 0) is 13.6 Å². The van der Waals surface area contributed by atoms with Gasteiger partial charge in [-0.05, 0) is 50.5 Å². The fourth-order valence-corrected chi connectivity index (χ4v) is 4.17. The first-order valence-electron chi connectivity index (χ1n) is 11.5. The number of pyridine rings is 1. The van der Waals surface area contributed by atoms with Crippen LogP contribution in [0.4, 0.5) is 10.2 Å². The second kappa shape index (κ2) is 8.36. The van der Waals surface area contributed by atoms with Crippen LogP contribution in [0.25, 0.3) is 21.8 Å². The number of carbonyl (C=O) groups excluding carboxylic acids is 1. The number of nitrogen functional groups attached to an aromatic ring is 1. The first-order valence-corrected chi connectivity index (χ1v) is 11.5. The molecule has 0 unspecified atom stereocenters. The average molecular weight is 472 g/mol. The summed E-state index contributed by atoms with van der Waals surface area (Å²) in [5, 5.41) is 15.3. The second-order valence-corrected chi connectivity index (χ2v) is 9.55. The van der Waals surface area contributed by atoms with Crippen LogP contribution in [-0.4, -0.2) is 42.3 Å². The molecule has 178 valence electrons. The van der Waals surface area contributed by atoms with E-state index in [0.29, 0.717) is 28.4 Å². The Morgan fingerprint density at radius 3 is 2.63 bits per heavy atom. The third-order valence-corrected chi connectivity index (χ3v) is 6.09. The van der Waals surface area contributed by atoms with Gasteiger partial charge in [-0.2, -0.15) is 5.10 Å². The largest absolute Gasteiger partial charge is 0.383 e. The third-order valence-electron chi connectivity index (χ3n) is 6.09. The van der Waals surface area contributed by atoms with E-state index in [2.05, 4.69) is 21.9 Å². The van der Waals surface area contributed by atoms with Crippen LogP contribution in [0.1, 0.15) is 48.2 Å². The van der Waals surface area contributed by atoms with E-state index in [1.807, 2.05) is 24.3 Å². The quantitative estimate of drug-likeness (QED) is 0.442. The second-order valence-electron chi connectivity index (χ2n) is 9.55. The van der Waals surface area contributed by atoms with Gasteiger partial charge in [-0.1, -0.05) is 24.0 Å². The smallest absolute Gasteiger partial charge is 0.257 e. The van der Waals surface area contributed by atoms with E-state index in [4.69, 9.17) is 5.73 Å². The van der Waals surface area contributed by atoms with Crippen LogP contribution in [0.3, 0.4) is 0 Å². The molecule has 1 aliphatic carbocycles. The molecule has 1 aliphatic rings. The Balaban J connectivity index is 1.48. The number of nitrogens with two attached hydrogens (primary N) is 1. The number of aromatic nitrogens is 3. The van der Waals surface area contributed by atoms with Gasteiger partial charge in [0.1, 0.15) is 17.2 Å². The molecule has 1 amide bonds. The molecular formula is C27H26FN5O2. The van der Waals surface area contributed by atoms with Crippen molar-refractivity contribution in [2.24, 2.45) is 7.05 Å². The molecule has 1 saturated carbocycles. The molecule has 0 saturated heterocycles. The standard InChI is InChI=1S/C27H26FN5O2/c1-27(2,35)11-10-16-4-6-17(7-5-16)15-33(18-8-9-18)26(34)19-12-20-23(13-22(19)28)31-25(29)21-14-30-32(3)24(20)21/h4-7,12-14,18,35H,8-9,15H2,1-3H3,(H2,29,31). The number of hydrogen-bond acceptors (Lipinski definition) is 5. The van der Waals surface area contributed by atoms with E-state index in [-0.39, 0.29) is 23.3 Å². The number of benzene rings is 2. The predicted molar refractivity (Wildman–Crippen MR) is 133 cm³/mol. The van der Waals surface area contributed by atoms with E-state index in [9.17, 15) is 9.90 Å². The van der Waals surface area contributed by atoms with Crippen molar-refractivity contribution in [3.63, 3.8) is 0 Å². The minimum atomic E-state index is -1.07. The minimum Gasteiger partial charge on any atom is -0.383 e. The number of nitrogens with zero attached hydrogens (tertiary/aromatic N) is 4. The van der Waals surface area contributed by atoms with Gasteiger partial charge in [0.2, 0.25) is 0 Å². The highest BCUT2D eigenvalue weighted by Crippen LogP contribution is 2.33. The first kappa shape index (κ1) is 22.8. The fraction of sp³-hybridized carbons (Fsp3) is 0.296. The van der Waals surface area contributed by atoms with E-state index in [1.165, 1.54) is 6.07 Å². The lowest BCUT2D eigenvalue weighted by Gasteiger charge is -2.23. The summed E-state index contributed by atoms with van der Waals surface area (Å²) in [5.74, 6) is 5.02. The fourth-order valence-electron chi connectivity index (χ4n) is 4.17. The summed E-state index contributed by atoms with van der Waals surface area (Å²) in [6, 6.07) is 10.4. The van der Waals surface area contributed by atoms with E-state index >= 15 is 4.39 Å². The van der Waals surface area contributed by atoms with Crippen LogP contribution in [0.2, 0.25) is 0 Å². The molecule has 0 atom stereocenters. The van der Waals surface area contributed by atoms with Crippen LogP contribution < -0.4 is 5.73 Å². The summed E-state index contributed by atoms with van der Waals surface area (Å²) in [6.07, 6.45) is 3.40. The van der Waals surface area contributed by atoms with Gasteiger partial charge in [0, 0.05) is 36.7 Å². The average Bonchev–Trinajstić information content (AvgIpc) is 3.57. The molecule has 0 aliphatic heterocycles. The zero-order valence-corrected chi connectivity index (χ0v) is 19.8. The van der Waals surface area contributed by atoms with E-state index in [1.54, 1.807) is 42.7 Å². The van der Waals surface area contributed by atoms with Crippen molar-refractivity contribution in [1.29, 1.82) is 0 Å². The van der Waals surface area contributed by atoms with Crippen molar-refractivity contribution in [2.45, 2.75) is 44.9 Å². The molecule has 2 aromatic carbocycles. The van der Waals surface area contributed by atoms with E-state index in [0.717, 1.165) is 24.0 Å². The third kappa shape index (κ3) is 4.55. The molecule has 0 radical (unpaired) electrons. The van der Waals surface area contributed by atoms with Gasteiger partial charge < -0.3 is 15.7 Å². The molecular weight excluding hydrogens is 445 g/mol. The minimum absolute atomic E-state index is 0.00568. The molecule has 2 aromatic heterocycles. The summed E-state index contributed by atoms with van der Waals surface area (Å²) in [7, 11) is 1.78. The predicted octanol–water partition coefficient (Wildman–Crippen LogP) is 3.77. The maximum atomic E-state index is 15.2. The SMILES string of the molecule is Cn1ncc2c(N)nc3cc(F)c(C(=O)N(Cc4ccc(C#CC(C)(C)O)cc4)C4CC4)cc3c21. The first-order chi connectivity index (χ1) is 16.6. The highest BCUT2D eigenvalue weighted by molar-refractivity contribution is 6.10. The van der Waals surface area contributed by atoms with Gasteiger partial charge in [-0.15, -0.1) is 0 Å². The van der Waals surface area contributed by atoms with Gasteiger partial charge in [-0.25, -0.2) is 9.37 Å². The monoisotopic (exact) mass is 471 g/mol. The van der Waals surface area contributed by atoms with Crippen LogP contribution >= 0.6 is 0 Å². The number of aliphatic hydroxyl groups is 1. The number of halogens is 1. The number of anilines is 1. The Bertz CT molecular complexity index is 1520. The summed E-state index contributed by atoms with van der Waals surface area (Å²) in [5.41, 5.74) is 7.75. The Morgan fingerprint density at radius 2 is 1.97 bits per heavy atom. The molecule has 3 N–H and O–H groups in total. The Kier molecular flexibility index (Phi) is 5.45. The molecule has 5 rings (SSSR count). The van der Waals surface area contributed by atoms with Gasteiger partial charge in [0.05, 0.1) is 28.2 Å². The summed E-state index contributed by atoms with van der Waals surface area (Å²) >= 11 is 0. The summed E-state index contributed by atoms with van der Waals surface area (Å²) in [6.45, 7) is 3.62. The molecule has 1 fully saturated rings. The molecule has 2 heterocycles. The van der Waals surface area contributed by atoms with E-state index < -0.39 is 11.4 Å². The van der Waals surface area contributed by atoms with Gasteiger partial charge in [0.25, 0.3) is 5.91 Å². The summed E-state index contributed by atoms with van der Waals surface area (Å²) < 4.78 is 16.8. The van der Waals surface area contributed by atoms with Gasteiger partial charge in [-0.3, -0.25) is 9.48 Å². The van der Waals surface area contributed by atoms with Gasteiger partial charge >= 0.3 is 0 Å². The lowest BCUT2D eigenvalue weighted by atomic mass is 10.1. The van der Waals surface area contributed by atoms with Crippen LogP contribution in [0.5, 0.6) is 0 Å². The number of fused-ring (bicyclic) bond motifs is 3. The molecule has 0 spiro atoms. The maximum absolute atomic E-state index is 15.2. The number of rotatable bonds is 4. The zero-order chi connectivity index (χ0) is 24.9. The number of hydrogen-bond donors (Lipinski definition) is 2.